The number of nitrogens with one attached hydrogen (secondary N) is 2. The number of aliphatic carboxylic acids is 1. The first kappa shape index (κ1) is 27.3. The van der Waals surface area contributed by atoms with Crippen molar-refractivity contribution in [3.05, 3.63) is 70.8 Å². The number of carbonyl (C=O) groups is 2. The molecule has 0 fully saturated rings. The van der Waals surface area contributed by atoms with Gasteiger partial charge in [0.05, 0.1) is 24.8 Å². The molecule has 3 aromatic rings. The van der Waals surface area contributed by atoms with Crippen LogP contribution in [0, 0.1) is 11.2 Å². The van der Waals surface area contributed by atoms with Gasteiger partial charge in [-0.3, -0.25) is 14.7 Å². The van der Waals surface area contributed by atoms with E-state index in [9.17, 15) is 19.1 Å². The standard InChI is InChI=1S/C25H28ClFN4O5/c1-25(24(34)35,8-10-36-11-9-32)14-19(29-23(33)22-15-28-31-30-22)12-16-2-4-17(5-3-16)20-13-18(26)6-7-21(20)27/h2-7,13,15,19,32H,8-12,14H2,1H3,(H,29,33)(H,34,35)(H,28,30,31)/t19-,25?/m1/s1. The van der Waals surface area contributed by atoms with Gasteiger partial charge in [0.2, 0.25) is 0 Å². The molecular weight excluding hydrogens is 491 g/mol. The number of carbonyl (C=O) groups excluding carboxylic acids is 1. The Morgan fingerprint density at radius 1 is 1.22 bits per heavy atom. The number of benzene rings is 2. The van der Waals surface area contributed by atoms with Gasteiger partial charge < -0.3 is 20.3 Å². The van der Waals surface area contributed by atoms with Gasteiger partial charge in [0.1, 0.15) is 11.5 Å². The van der Waals surface area contributed by atoms with Crippen molar-refractivity contribution < 1.29 is 28.9 Å². The highest BCUT2D eigenvalue weighted by atomic mass is 35.5. The second-order valence-electron chi connectivity index (χ2n) is 8.72. The maximum atomic E-state index is 14.3. The molecule has 0 bridgehead atoms. The molecule has 9 nitrogen and oxygen atoms in total. The summed E-state index contributed by atoms with van der Waals surface area (Å²) < 4.78 is 19.5. The van der Waals surface area contributed by atoms with Gasteiger partial charge in [-0.15, -0.1) is 5.10 Å². The van der Waals surface area contributed by atoms with Crippen LogP contribution in [-0.4, -0.2) is 63.4 Å². The molecule has 0 aliphatic rings. The van der Waals surface area contributed by atoms with Gasteiger partial charge in [-0.2, -0.15) is 0 Å². The summed E-state index contributed by atoms with van der Waals surface area (Å²) in [6.45, 7) is 1.70. The zero-order chi connectivity index (χ0) is 26.1. The summed E-state index contributed by atoms with van der Waals surface area (Å²) in [6, 6.07) is 10.9. The number of carboxylic acid groups (broad SMARTS) is 1. The lowest BCUT2D eigenvalue weighted by molar-refractivity contribution is -0.150. The Morgan fingerprint density at radius 3 is 2.61 bits per heavy atom. The molecule has 0 saturated heterocycles. The van der Waals surface area contributed by atoms with Crippen molar-refractivity contribution >= 4 is 23.5 Å². The first-order chi connectivity index (χ1) is 17.2. The highest BCUT2D eigenvalue weighted by molar-refractivity contribution is 6.30. The van der Waals surface area contributed by atoms with Gasteiger partial charge in [-0.25, -0.2) is 4.39 Å². The number of aromatic amines is 1. The normalized spacial score (nSPS) is 13.7. The molecule has 0 aliphatic carbocycles. The summed E-state index contributed by atoms with van der Waals surface area (Å²) in [5.41, 5.74) is 0.767. The van der Waals surface area contributed by atoms with Crippen molar-refractivity contribution in [2.45, 2.75) is 32.2 Å². The average Bonchev–Trinajstić information content (AvgIpc) is 3.39. The van der Waals surface area contributed by atoms with Crippen LogP contribution in [0.5, 0.6) is 0 Å². The van der Waals surface area contributed by atoms with Crippen LogP contribution < -0.4 is 5.32 Å². The Kier molecular flexibility index (Phi) is 9.51. The second-order valence-corrected chi connectivity index (χ2v) is 9.16. The van der Waals surface area contributed by atoms with E-state index in [-0.39, 0.29) is 38.4 Å². The van der Waals surface area contributed by atoms with Crippen LogP contribution in [0.4, 0.5) is 4.39 Å². The topological polar surface area (TPSA) is 137 Å². The quantitative estimate of drug-likeness (QED) is 0.254. The van der Waals surface area contributed by atoms with Crippen molar-refractivity contribution in [3.63, 3.8) is 0 Å². The third-order valence-corrected chi connectivity index (χ3v) is 6.15. The molecule has 0 spiro atoms. The zero-order valence-corrected chi connectivity index (χ0v) is 20.5. The van der Waals surface area contributed by atoms with Gasteiger partial charge in [0.15, 0.2) is 0 Å². The number of carboxylic acids is 1. The monoisotopic (exact) mass is 518 g/mol. The second kappa shape index (κ2) is 12.6. The lowest BCUT2D eigenvalue weighted by Gasteiger charge is -2.30. The minimum atomic E-state index is -1.20. The van der Waals surface area contributed by atoms with E-state index in [1.807, 2.05) is 0 Å². The number of aliphatic hydroxyl groups excluding tert-OH is 1. The predicted octanol–water partition coefficient (Wildman–Crippen LogP) is 3.49. The summed E-state index contributed by atoms with van der Waals surface area (Å²) in [5.74, 6) is -1.89. The first-order valence-electron chi connectivity index (χ1n) is 11.3. The molecule has 1 unspecified atom stereocenters. The van der Waals surface area contributed by atoms with E-state index >= 15 is 0 Å². The molecule has 2 atom stereocenters. The lowest BCUT2D eigenvalue weighted by atomic mass is 9.79. The van der Waals surface area contributed by atoms with Crippen LogP contribution in [0.1, 0.15) is 35.8 Å². The number of hydrogen-bond acceptors (Lipinski definition) is 6. The Morgan fingerprint density at radius 2 is 1.97 bits per heavy atom. The van der Waals surface area contributed by atoms with Crippen LogP contribution in [0.2, 0.25) is 5.02 Å². The average molecular weight is 519 g/mol. The zero-order valence-electron chi connectivity index (χ0n) is 19.7. The third kappa shape index (κ3) is 7.33. The van der Waals surface area contributed by atoms with Crippen molar-refractivity contribution in [2.24, 2.45) is 5.41 Å². The van der Waals surface area contributed by atoms with E-state index < -0.39 is 29.2 Å². The molecule has 1 heterocycles. The van der Waals surface area contributed by atoms with Crippen LogP contribution in [0.3, 0.4) is 0 Å². The number of aromatic nitrogens is 3. The summed E-state index contributed by atoms with van der Waals surface area (Å²) in [6.07, 6.45) is 1.90. The number of halogens is 2. The highest BCUT2D eigenvalue weighted by Gasteiger charge is 2.36. The van der Waals surface area contributed by atoms with E-state index in [1.165, 1.54) is 18.3 Å². The first-order valence-corrected chi connectivity index (χ1v) is 11.7. The molecule has 3 rings (SSSR count). The Hall–Kier alpha value is -3.34. The van der Waals surface area contributed by atoms with Crippen LogP contribution in [0.25, 0.3) is 11.1 Å². The van der Waals surface area contributed by atoms with E-state index in [1.54, 1.807) is 37.3 Å². The molecular formula is C25H28ClFN4O5. The number of ether oxygens (including phenoxy) is 1. The highest BCUT2D eigenvalue weighted by Crippen LogP contribution is 2.31. The molecule has 4 N–H and O–H groups in total. The Bertz CT molecular complexity index is 1160. The number of rotatable bonds is 13. The van der Waals surface area contributed by atoms with Gasteiger partial charge >= 0.3 is 5.97 Å². The largest absolute Gasteiger partial charge is 0.481 e. The van der Waals surface area contributed by atoms with E-state index in [4.69, 9.17) is 21.4 Å². The fourth-order valence-corrected chi connectivity index (χ4v) is 4.04. The van der Waals surface area contributed by atoms with Gasteiger partial charge in [-0.05, 0) is 55.5 Å². The lowest BCUT2D eigenvalue weighted by Crippen LogP contribution is -2.43. The van der Waals surface area contributed by atoms with Crippen LogP contribution in [0.15, 0.2) is 48.7 Å². The van der Waals surface area contributed by atoms with Crippen molar-refractivity contribution in [3.8, 4) is 11.1 Å². The van der Waals surface area contributed by atoms with Gasteiger partial charge in [0, 0.05) is 23.2 Å². The molecule has 1 aromatic heterocycles. The van der Waals surface area contributed by atoms with Gasteiger partial charge in [-0.1, -0.05) is 41.1 Å². The number of hydrogen-bond donors (Lipinski definition) is 4. The van der Waals surface area contributed by atoms with Crippen molar-refractivity contribution in [1.82, 2.24) is 20.7 Å². The SMILES string of the molecule is CC(CCOCCO)(C[C@@H](Cc1ccc(-c2cc(Cl)ccc2F)cc1)NC(=O)c1cnn[nH]1)C(=O)O. The molecule has 11 heteroatoms. The van der Waals surface area contributed by atoms with Crippen LogP contribution in [-0.2, 0) is 16.0 Å². The summed E-state index contributed by atoms with van der Waals surface area (Å²) in [7, 11) is 0. The minimum absolute atomic E-state index is 0.113. The van der Waals surface area contributed by atoms with Crippen LogP contribution >= 0.6 is 11.6 Å². The maximum absolute atomic E-state index is 14.3. The van der Waals surface area contributed by atoms with E-state index in [2.05, 4.69) is 20.7 Å². The summed E-state index contributed by atoms with van der Waals surface area (Å²) in [5, 5.41) is 31.8. The Labute approximate surface area is 212 Å². The number of H-pyrrole nitrogens is 1. The fraction of sp³-hybridized carbons (Fsp3) is 0.360. The van der Waals surface area contributed by atoms with Crippen molar-refractivity contribution in [1.29, 1.82) is 0 Å². The molecule has 0 aliphatic heterocycles. The molecule has 2 aromatic carbocycles. The number of aliphatic hydroxyl groups is 1. The predicted molar refractivity (Wildman–Crippen MR) is 131 cm³/mol. The molecule has 36 heavy (non-hydrogen) atoms. The van der Waals surface area contributed by atoms with Gasteiger partial charge in [0.25, 0.3) is 5.91 Å². The fourth-order valence-electron chi connectivity index (χ4n) is 3.87. The van der Waals surface area contributed by atoms with E-state index in [0.29, 0.717) is 22.6 Å². The Balaban J connectivity index is 1.80. The van der Waals surface area contributed by atoms with E-state index in [0.717, 1.165) is 5.56 Å². The maximum Gasteiger partial charge on any atom is 0.309 e. The third-order valence-electron chi connectivity index (χ3n) is 5.92. The molecule has 1 amide bonds. The molecule has 0 radical (unpaired) electrons. The number of amides is 1. The smallest absolute Gasteiger partial charge is 0.309 e. The minimum Gasteiger partial charge on any atom is -0.481 e. The summed E-state index contributed by atoms with van der Waals surface area (Å²) in [4.78, 5) is 24.9. The number of nitrogens with zero attached hydrogens (tertiary/aromatic N) is 2. The van der Waals surface area contributed by atoms with Crippen molar-refractivity contribution in [2.75, 3.05) is 19.8 Å². The summed E-state index contributed by atoms with van der Waals surface area (Å²) >= 11 is 6.01. The molecule has 192 valence electrons. The molecule has 0 saturated carbocycles.